The van der Waals surface area contributed by atoms with Crippen LogP contribution >= 0.6 is 0 Å². The van der Waals surface area contributed by atoms with E-state index < -0.39 is 12.0 Å². The van der Waals surface area contributed by atoms with Crippen molar-refractivity contribution >= 4 is 17.6 Å². The predicted octanol–water partition coefficient (Wildman–Crippen LogP) is 0.0271. The molecule has 0 saturated carbocycles. The lowest BCUT2D eigenvalue weighted by Gasteiger charge is -2.13. The van der Waals surface area contributed by atoms with Crippen LogP contribution in [0.4, 0.5) is 5.69 Å². The fraction of sp³-hybridized carbons (Fsp3) is 0.333. The van der Waals surface area contributed by atoms with E-state index in [4.69, 9.17) is 15.6 Å². The zero-order valence-electron chi connectivity index (χ0n) is 10.1. The number of benzene rings is 1. The Hall–Kier alpha value is -2.08. The van der Waals surface area contributed by atoms with Crippen molar-refractivity contribution in [2.75, 3.05) is 19.5 Å². The Balaban J connectivity index is 2.54. The van der Waals surface area contributed by atoms with E-state index in [1.165, 1.54) is 7.11 Å². The highest BCUT2D eigenvalue weighted by atomic mass is 16.5. The molecule has 0 fully saturated rings. The molecule has 0 heterocycles. The average Bonchev–Trinajstić information content (AvgIpc) is 2.31. The van der Waals surface area contributed by atoms with Crippen molar-refractivity contribution in [3.05, 3.63) is 29.8 Å². The summed E-state index contributed by atoms with van der Waals surface area (Å²) >= 11 is 0. The normalized spacial score (nSPS) is 11.8. The van der Waals surface area contributed by atoms with Gasteiger partial charge in [0.2, 0.25) is 5.91 Å². The van der Waals surface area contributed by atoms with E-state index in [0.29, 0.717) is 5.69 Å². The minimum Gasteiger partial charge on any atom is -0.480 e. The first-order valence-corrected chi connectivity index (χ1v) is 5.38. The highest BCUT2D eigenvalue weighted by Crippen LogP contribution is 2.06. The number of carboxylic acids is 1. The summed E-state index contributed by atoms with van der Waals surface area (Å²) in [6.45, 7) is -0.0667. The summed E-state index contributed by atoms with van der Waals surface area (Å²) in [4.78, 5) is 22.4. The Kier molecular flexibility index (Phi) is 5.13. The summed E-state index contributed by atoms with van der Waals surface area (Å²) in [6, 6.07) is 5.79. The molecule has 1 amide bonds. The first-order valence-electron chi connectivity index (χ1n) is 5.38. The van der Waals surface area contributed by atoms with Crippen LogP contribution in [0.2, 0.25) is 0 Å². The number of nitrogen functional groups attached to an aromatic ring is 1. The van der Waals surface area contributed by atoms with Crippen molar-refractivity contribution in [1.82, 2.24) is 5.32 Å². The van der Waals surface area contributed by atoms with Gasteiger partial charge in [-0.1, -0.05) is 12.1 Å². The molecule has 4 N–H and O–H groups in total. The number of methoxy groups -OCH3 is 1. The molecule has 1 rings (SSSR count). The van der Waals surface area contributed by atoms with Gasteiger partial charge in [-0.3, -0.25) is 4.79 Å². The Morgan fingerprint density at radius 3 is 2.50 bits per heavy atom. The number of ether oxygens (including phenoxy) is 1. The number of carboxylic acid groups (broad SMARTS) is 1. The van der Waals surface area contributed by atoms with Gasteiger partial charge in [0.15, 0.2) is 6.04 Å². The van der Waals surface area contributed by atoms with Crippen LogP contribution in [0.15, 0.2) is 24.3 Å². The van der Waals surface area contributed by atoms with Crippen molar-refractivity contribution in [1.29, 1.82) is 0 Å². The van der Waals surface area contributed by atoms with Gasteiger partial charge in [-0.2, -0.15) is 0 Å². The smallest absolute Gasteiger partial charge is 0.328 e. The van der Waals surface area contributed by atoms with E-state index in [2.05, 4.69) is 5.32 Å². The Labute approximate surface area is 105 Å². The van der Waals surface area contributed by atoms with E-state index in [1.807, 2.05) is 0 Å². The van der Waals surface area contributed by atoms with Crippen molar-refractivity contribution < 1.29 is 19.4 Å². The summed E-state index contributed by atoms with van der Waals surface area (Å²) in [6.07, 6.45) is 0.105. The number of hydrogen-bond donors (Lipinski definition) is 3. The van der Waals surface area contributed by atoms with Crippen LogP contribution in [0.5, 0.6) is 0 Å². The number of carbonyl (C=O) groups excluding carboxylic acids is 1. The largest absolute Gasteiger partial charge is 0.480 e. The monoisotopic (exact) mass is 252 g/mol. The maximum absolute atomic E-state index is 11.6. The number of amides is 1. The molecular formula is C12H16N2O4. The third-order valence-electron chi connectivity index (χ3n) is 2.31. The minimum absolute atomic E-state index is 0.0667. The van der Waals surface area contributed by atoms with Gasteiger partial charge in [-0.25, -0.2) is 4.79 Å². The number of nitrogens with one attached hydrogen (secondary N) is 1. The predicted molar refractivity (Wildman–Crippen MR) is 66.0 cm³/mol. The zero-order valence-corrected chi connectivity index (χ0v) is 10.1. The molecule has 1 unspecified atom stereocenters. The van der Waals surface area contributed by atoms with Crippen LogP contribution in [0.25, 0.3) is 0 Å². The second kappa shape index (κ2) is 6.61. The molecule has 0 aliphatic rings. The van der Waals surface area contributed by atoms with Crippen molar-refractivity contribution in [3.63, 3.8) is 0 Å². The van der Waals surface area contributed by atoms with Crippen molar-refractivity contribution in [2.45, 2.75) is 12.5 Å². The highest BCUT2D eigenvalue weighted by Gasteiger charge is 2.19. The molecule has 1 aromatic carbocycles. The van der Waals surface area contributed by atoms with E-state index in [0.717, 1.165) is 5.56 Å². The zero-order chi connectivity index (χ0) is 13.5. The van der Waals surface area contributed by atoms with E-state index >= 15 is 0 Å². The third-order valence-corrected chi connectivity index (χ3v) is 2.31. The van der Waals surface area contributed by atoms with Gasteiger partial charge in [0.05, 0.1) is 13.0 Å². The van der Waals surface area contributed by atoms with E-state index in [9.17, 15) is 9.59 Å². The number of nitrogens with two attached hydrogens (primary N) is 1. The van der Waals surface area contributed by atoms with Crippen molar-refractivity contribution in [3.8, 4) is 0 Å². The van der Waals surface area contributed by atoms with Crippen LogP contribution in [0.1, 0.15) is 5.56 Å². The molecule has 0 saturated heterocycles. The van der Waals surface area contributed by atoms with Crippen LogP contribution in [0.3, 0.4) is 0 Å². The summed E-state index contributed by atoms with van der Waals surface area (Å²) in [7, 11) is 1.38. The molecule has 0 radical (unpaired) electrons. The molecule has 0 spiro atoms. The summed E-state index contributed by atoms with van der Waals surface area (Å²) < 4.78 is 4.72. The number of hydrogen-bond acceptors (Lipinski definition) is 4. The van der Waals surface area contributed by atoms with Gasteiger partial charge in [0.1, 0.15) is 0 Å². The van der Waals surface area contributed by atoms with Gasteiger partial charge in [0.25, 0.3) is 0 Å². The Bertz CT molecular complexity index is 417. The van der Waals surface area contributed by atoms with Gasteiger partial charge >= 0.3 is 5.97 Å². The number of rotatable bonds is 6. The summed E-state index contributed by atoms with van der Waals surface area (Å²) in [5.41, 5.74) is 6.90. The maximum Gasteiger partial charge on any atom is 0.328 e. The maximum atomic E-state index is 11.6. The first-order chi connectivity index (χ1) is 8.52. The third kappa shape index (κ3) is 4.42. The fourth-order valence-corrected chi connectivity index (χ4v) is 1.41. The number of anilines is 1. The molecular weight excluding hydrogens is 236 g/mol. The standard InChI is InChI=1S/C12H16N2O4/c1-18-7-10(12(16)17)14-11(15)6-8-2-4-9(13)5-3-8/h2-5,10H,6-7,13H2,1H3,(H,14,15)(H,16,17). The van der Waals surface area contributed by atoms with Gasteiger partial charge in [-0.05, 0) is 17.7 Å². The molecule has 18 heavy (non-hydrogen) atoms. The molecule has 6 nitrogen and oxygen atoms in total. The van der Waals surface area contributed by atoms with Gasteiger partial charge in [0, 0.05) is 12.8 Å². The van der Waals surface area contributed by atoms with Crippen LogP contribution in [-0.2, 0) is 20.7 Å². The molecule has 6 heteroatoms. The topological polar surface area (TPSA) is 102 Å². The summed E-state index contributed by atoms with van der Waals surface area (Å²) in [5, 5.41) is 11.2. The molecule has 0 bridgehead atoms. The molecule has 0 aliphatic carbocycles. The first kappa shape index (κ1) is 14.0. The second-order valence-electron chi connectivity index (χ2n) is 3.83. The van der Waals surface area contributed by atoms with Crippen molar-refractivity contribution in [2.24, 2.45) is 0 Å². The summed E-state index contributed by atoms with van der Waals surface area (Å²) in [5.74, 6) is -1.49. The highest BCUT2D eigenvalue weighted by molar-refractivity contribution is 5.85. The molecule has 1 aromatic rings. The van der Waals surface area contributed by atoms with E-state index in [1.54, 1.807) is 24.3 Å². The number of aliphatic carboxylic acids is 1. The lowest BCUT2D eigenvalue weighted by Crippen LogP contribution is -2.44. The van der Waals surface area contributed by atoms with E-state index in [-0.39, 0.29) is 18.9 Å². The van der Waals surface area contributed by atoms with Crippen LogP contribution in [-0.4, -0.2) is 36.7 Å². The average molecular weight is 252 g/mol. The van der Waals surface area contributed by atoms with Crippen LogP contribution in [0, 0.1) is 0 Å². The fourth-order valence-electron chi connectivity index (χ4n) is 1.41. The van der Waals surface area contributed by atoms with Gasteiger partial charge < -0.3 is 20.9 Å². The van der Waals surface area contributed by atoms with Gasteiger partial charge in [-0.15, -0.1) is 0 Å². The quantitative estimate of drug-likeness (QED) is 0.620. The second-order valence-corrected chi connectivity index (χ2v) is 3.83. The Morgan fingerprint density at radius 1 is 1.39 bits per heavy atom. The minimum atomic E-state index is -1.12. The lowest BCUT2D eigenvalue weighted by atomic mass is 10.1. The molecule has 0 aliphatic heterocycles. The molecule has 1 atom stereocenters. The Morgan fingerprint density at radius 2 is 2.00 bits per heavy atom. The lowest BCUT2D eigenvalue weighted by molar-refractivity contribution is -0.143. The SMILES string of the molecule is COCC(NC(=O)Cc1ccc(N)cc1)C(=O)O. The number of carbonyl (C=O) groups is 2. The molecule has 98 valence electrons. The molecule has 0 aromatic heterocycles. The van der Waals surface area contributed by atoms with Crippen LogP contribution < -0.4 is 11.1 Å².